The molecular weight excluding hydrogens is 332 g/mol. The molecule has 2 aromatic carbocycles. The second-order valence-electron chi connectivity index (χ2n) is 6.14. The minimum atomic E-state index is -0.877. The van der Waals surface area contributed by atoms with Gasteiger partial charge in [-0.3, -0.25) is 4.79 Å². The van der Waals surface area contributed by atoms with Gasteiger partial charge in [0.15, 0.2) is 0 Å². The Bertz CT molecular complexity index is 702. The van der Waals surface area contributed by atoms with Gasteiger partial charge in [0.25, 0.3) is 0 Å². The van der Waals surface area contributed by atoms with Crippen molar-refractivity contribution in [2.45, 2.75) is 31.7 Å². The number of hydrogen-bond donors (Lipinski definition) is 4. The van der Waals surface area contributed by atoms with E-state index in [0.29, 0.717) is 25.8 Å². The third-order valence-corrected chi connectivity index (χ3v) is 4.00. The Hall–Kier alpha value is -3.02. The average molecular weight is 356 g/mol. The summed E-state index contributed by atoms with van der Waals surface area (Å²) in [6.07, 6.45) is 1.60. The van der Waals surface area contributed by atoms with Crippen molar-refractivity contribution in [2.75, 3.05) is 6.54 Å². The second-order valence-corrected chi connectivity index (χ2v) is 6.14. The lowest BCUT2D eigenvalue weighted by Crippen LogP contribution is -2.44. The van der Waals surface area contributed by atoms with Crippen molar-refractivity contribution in [3.63, 3.8) is 0 Å². The molecule has 0 aromatic heterocycles. The van der Waals surface area contributed by atoms with Gasteiger partial charge in [-0.25, -0.2) is 4.79 Å². The minimum absolute atomic E-state index is 0.00525. The van der Waals surface area contributed by atoms with E-state index < -0.39 is 5.97 Å². The third-order valence-electron chi connectivity index (χ3n) is 4.00. The first-order valence-corrected chi connectivity index (χ1v) is 8.61. The lowest BCUT2D eigenvalue weighted by molar-refractivity contribution is -0.137. The van der Waals surface area contributed by atoms with Crippen LogP contribution in [0.4, 0.5) is 4.79 Å². The molecule has 2 aromatic rings. The zero-order valence-corrected chi connectivity index (χ0v) is 14.5. The number of carbonyl (C=O) groups is 2. The van der Waals surface area contributed by atoms with Gasteiger partial charge in [-0.05, 0) is 42.5 Å². The molecule has 2 rings (SSSR count). The lowest BCUT2D eigenvalue weighted by Gasteiger charge is -2.19. The van der Waals surface area contributed by atoms with Gasteiger partial charge in [0.05, 0.1) is 0 Å². The summed E-state index contributed by atoms with van der Waals surface area (Å²) in [6.45, 7) is 0.452. The highest BCUT2D eigenvalue weighted by Gasteiger charge is 2.14. The first-order valence-electron chi connectivity index (χ1n) is 8.61. The monoisotopic (exact) mass is 356 g/mol. The summed E-state index contributed by atoms with van der Waals surface area (Å²) < 4.78 is 0. The normalized spacial score (nSPS) is 11.5. The van der Waals surface area contributed by atoms with Gasteiger partial charge in [0.1, 0.15) is 5.75 Å². The molecular formula is C20H24N2O4. The number of carbonyl (C=O) groups excluding carboxylic acids is 1. The van der Waals surface area contributed by atoms with Crippen molar-refractivity contribution in [1.29, 1.82) is 0 Å². The molecule has 0 saturated heterocycles. The molecule has 0 fully saturated rings. The Morgan fingerprint density at radius 2 is 1.65 bits per heavy atom. The van der Waals surface area contributed by atoms with Crippen LogP contribution < -0.4 is 10.6 Å². The Kier molecular flexibility index (Phi) is 7.49. The van der Waals surface area contributed by atoms with Gasteiger partial charge in [-0.2, -0.15) is 0 Å². The number of hydrogen-bond acceptors (Lipinski definition) is 3. The van der Waals surface area contributed by atoms with Crippen molar-refractivity contribution >= 4 is 12.0 Å². The Balaban J connectivity index is 1.82. The van der Waals surface area contributed by atoms with Crippen LogP contribution in [0, 0.1) is 0 Å². The van der Waals surface area contributed by atoms with Crippen LogP contribution in [-0.2, 0) is 17.6 Å². The van der Waals surface area contributed by atoms with Gasteiger partial charge in [-0.15, -0.1) is 0 Å². The molecule has 0 radical (unpaired) electrons. The summed E-state index contributed by atoms with van der Waals surface area (Å²) in [5.74, 6) is -0.667. The van der Waals surface area contributed by atoms with E-state index in [4.69, 9.17) is 5.11 Å². The Labute approximate surface area is 152 Å². The SMILES string of the molecule is O=C(O)CCC(Cc1ccccc1)NC(=O)NCCc1ccc(O)cc1. The molecule has 6 heteroatoms. The number of phenols is 1. The Morgan fingerprint density at radius 3 is 2.31 bits per heavy atom. The summed E-state index contributed by atoms with van der Waals surface area (Å²) in [5.41, 5.74) is 2.06. The van der Waals surface area contributed by atoms with E-state index in [2.05, 4.69) is 10.6 Å². The molecule has 1 unspecified atom stereocenters. The second kappa shape index (κ2) is 10.1. The van der Waals surface area contributed by atoms with Crippen LogP contribution in [0.15, 0.2) is 54.6 Å². The first-order chi connectivity index (χ1) is 12.5. The number of carboxylic acid groups (broad SMARTS) is 1. The van der Waals surface area contributed by atoms with E-state index in [1.807, 2.05) is 30.3 Å². The average Bonchev–Trinajstić information content (AvgIpc) is 2.62. The summed E-state index contributed by atoms with van der Waals surface area (Å²) in [7, 11) is 0. The van der Waals surface area contributed by atoms with Crippen LogP contribution in [0.25, 0.3) is 0 Å². The smallest absolute Gasteiger partial charge is 0.315 e. The minimum Gasteiger partial charge on any atom is -0.508 e. The molecule has 0 saturated carbocycles. The Morgan fingerprint density at radius 1 is 0.962 bits per heavy atom. The number of carboxylic acids is 1. The molecule has 0 aliphatic rings. The fourth-order valence-corrected chi connectivity index (χ4v) is 2.64. The molecule has 0 bridgehead atoms. The molecule has 0 aliphatic heterocycles. The van der Waals surface area contributed by atoms with E-state index in [1.165, 1.54) is 0 Å². The van der Waals surface area contributed by atoms with Crippen LogP contribution in [0.5, 0.6) is 5.75 Å². The quantitative estimate of drug-likeness (QED) is 0.555. The van der Waals surface area contributed by atoms with Crippen LogP contribution in [-0.4, -0.2) is 34.8 Å². The van der Waals surface area contributed by atoms with Gasteiger partial charge in [0, 0.05) is 19.0 Å². The van der Waals surface area contributed by atoms with Crippen molar-refractivity contribution in [3.8, 4) is 5.75 Å². The van der Waals surface area contributed by atoms with E-state index in [9.17, 15) is 14.7 Å². The predicted octanol–water partition coefficient (Wildman–Crippen LogP) is 2.71. The summed E-state index contributed by atoms with van der Waals surface area (Å²) in [5, 5.41) is 23.8. The number of aliphatic carboxylic acids is 1. The van der Waals surface area contributed by atoms with Gasteiger partial charge in [0.2, 0.25) is 0 Å². The molecule has 138 valence electrons. The highest BCUT2D eigenvalue weighted by Crippen LogP contribution is 2.10. The largest absolute Gasteiger partial charge is 0.508 e. The summed E-state index contributed by atoms with van der Waals surface area (Å²) >= 11 is 0. The van der Waals surface area contributed by atoms with Crippen molar-refractivity contribution in [1.82, 2.24) is 10.6 Å². The van der Waals surface area contributed by atoms with Crippen LogP contribution in [0.1, 0.15) is 24.0 Å². The lowest BCUT2D eigenvalue weighted by atomic mass is 10.0. The van der Waals surface area contributed by atoms with Crippen LogP contribution in [0.3, 0.4) is 0 Å². The highest BCUT2D eigenvalue weighted by atomic mass is 16.4. The van der Waals surface area contributed by atoms with Gasteiger partial charge >= 0.3 is 12.0 Å². The number of nitrogens with one attached hydrogen (secondary N) is 2. The number of aromatic hydroxyl groups is 1. The van der Waals surface area contributed by atoms with Gasteiger partial charge in [-0.1, -0.05) is 42.5 Å². The number of benzene rings is 2. The maximum atomic E-state index is 12.1. The number of rotatable bonds is 9. The highest BCUT2D eigenvalue weighted by molar-refractivity contribution is 5.74. The number of urea groups is 1. The van der Waals surface area contributed by atoms with E-state index in [1.54, 1.807) is 24.3 Å². The van der Waals surface area contributed by atoms with Crippen molar-refractivity contribution in [3.05, 3.63) is 65.7 Å². The topological polar surface area (TPSA) is 98.7 Å². The molecule has 4 N–H and O–H groups in total. The molecule has 0 spiro atoms. The first kappa shape index (κ1) is 19.3. The number of amides is 2. The number of phenolic OH excluding ortho intramolecular Hbond substituents is 1. The fourth-order valence-electron chi connectivity index (χ4n) is 2.64. The van der Waals surface area contributed by atoms with E-state index >= 15 is 0 Å². The zero-order valence-electron chi connectivity index (χ0n) is 14.5. The summed E-state index contributed by atoms with van der Waals surface area (Å²) in [6, 6.07) is 15.9. The zero-order chi connectivity index (χ0) is 18.8. The predicted molar refractivity (Wildman–Crippen MR) is 99.1 cm³/mol. The summed E-state index contributed by atoms with van der Waals surface area (Å²) in [4.78, 5) is 23.0. The van der Waals surface area contributed by atoms with Gasteiger partial charge < -0.3 is 20.8 Å². The third kappa shape index (κ3) is 7.25. The van der Waals surface area contributed by atoms with E-state index in [-0.39, 0.29) is 24.2 Å². The molecule has 0 aliphatic carbocycles. The molecule has 6 nitrogen and oxygen atoms in total. The molecule has 0 heterocycles. The van der Waals surface area contributed by atoms with Crippen LogP contribution >= 0.6 is 0 Å². The fraction of sp³-hybridized carbons (Fsp3) is 0.300. The molecule has 1 atom stereocenters. The van der Waals surface area contributed by atoms with Crippen LogP contribution in [0.2, 0.25) is 0 Å². The van der Waals surface area contributed by atoms with Crippen molar-refractivity contribution < 1.29 is 19.8 Å². The maximum Gasteiger partial charge on any atom is 0.315 e. The maximum absolute atomic E-state index is 12.1. The molecule has 2 amide bonds. The molecule has 26 heavy (non-hydrogen) atoms. The van der Waals surface area contributed by atoms with E-state index in [0.717, 1.165) is 11.1 Å². The van der Waals surface area contributed by atoms with Crippen molar-refractivity contribution in [2.24, 2.45) is 0 Å². The standard InChI is InChI=1S/C20H24N2O4/c23-18-9-6-15(7-10-18)12-13-21-20(26)22-17(8-11-19(24)25)14-16-4-2-1-3-5-16/h1-7,9-10,17,23H,8,11-14H2,(H,24,25)(H2,21,22,26).